The van der Waals surface area contributed by atoms with E-state index < -0.39 is 36.8 Å². The van der Waals surface area contributed by atoms with Crippen LogP contribution in [0.4, 0.5) is 0 Å². The molecule has 0 amide bonds. The fourth-order valence-corrected chi connectivity index (χ4v) is 26.9. The minimum atomic E-state index is -2.47. The molecule has 0 radical (unpaired) electrons. The third kappa shape index (κ3) is 6.03. The van der Waals surface area contributed by atoms with Crippen LogP contribution >= 0.6 is 11.6 Å². The number of carbonyl (C=O) groups excluding carboxylic acids is 1. The Morgan fingerprint density at radius 1 is 1.06 bits per heavy atom. The molecule has 0 rings (SSSR count). The van der Waals surface area contributed by atoms with Gasteiger partial charge in [-0.1, -0.05) is 0 Å². The van der Waals surface area contributed by atoms with Crippen molar-refractivity contribution >= 4 is 54.3 Å². The number of esters is 1. The second-order valence-corrected chi connectivity index (χ2v) is 35.7. The van der Waals surface area contributed by atoms with E-state index in [0.29, 0.717) is 12.5 Å². The molecule has 5 heteroatoms. The van der Waals surface area contributed by atoms with Crippen molar-refractivity contribution in [2.75, 3.05) is 12.5 Å². The minimum absolute atomic E-state index is 0.0625. The van der Waals surface area contributed by atoms with E-state index in [1.54, 1.807) is 0 Å². The van der Waals surface area contributed by atoms with Crippen LogP contribution < -0.4 is 0 Å². The Kier molecular flexibility index (Phi) is 8.24. The van der Waals surface area contributed by atoms with E-state index >= 15 is 0 Å². The second-order valence-electron chi connectivity index (χ2n) is 6.51. The van der Waals surface area contributed by atoms with Gasteiger partial charge in [0.25, 0.3) is 0 Å². The van der Waals surface area contributed by atoms with E-state index in [-0.39, 0.29) is 5.97 Å². The molecule has 0 heterocycles. The van der Waals surface area contributed by atoms with E-state index in [4.69, 9.17) is 16.3 Å². The van der Waals surface area contributed by atoms with E-state index in [2.05, 4.69) is 29.6 Å². The molecule has 0 atom stereocenters. The van der Waals surface area contributed by atoms with Crippen molar-refractivity contribution in [1.29, 1.82) is 0 Å². The quantitative estimate of drug-likeness (QED) is 0.242. The maximum absolute atomic E-state index is 12.3. The first-order chi connectivity index (χ1) is 8.05. The molecule has 0 aliphatic rings. The summed E-state index contributed by atoms with van der Waals surface area (Å²) in [4.78, 5) is 26.2. The van der Waals surface area contributed by atoms with Gasteiger partial charge in [0, 0.05) is 0 Å². The van der Waals surface area contributed by atoms with Gasteiger partial charge in [-0.2, -0.15) is 0 Å². The Labute approximate surface area is 125 Å². The van der Waals surface area contributed by atoms with Crippen LogP contribution in [0, 0.1) is 0 Å². The molecule has 0 spiro atoms. The Morgan fingerprint density at radius 3 is 1.83 bits per heavy atom. The van der Waals surface area contributed by atoms with Gasteiger partial charge >= 0.3 is 127 Å². The van der Waals surface area contributed by atoms with E-state index in [1.165, 1.54) is 3.59 Å². The summed E-state index contributed by atoms with van der Waals surface area (Å²) in [6.45, 7) is 2.33. The van der Waals surface area contributed by atoms with Crippen LogP contribution in [0.1, 0.15) is 13.3 Å². The summed E-state index contributed by atoms with van der Waals surface area (Å²) >= 11 is 1.18. The van der Waals surface area contributed by atoms with Gasteiger partial charge in [0.15, 0.2) is 0 Å². The number of allylic oxidation sites excluding steroid dienone is 1. The monoisotopic (exact) mass is 490 g/mol. The first-order valence-electron chi connectivity index (χ1n) is 6.52. The van der Waals surface area contributed by atoms with Gasteiger partial charge < -0.3 is 0 Å². The summed E-state index contributed by atoms with van der Waals surface area (Å²) in [5.41, 5.74) is 0. The van der Waals surface area contributed by atoms with E-state index in [9.17, 15) is 4.79 Å². The summed E-state index contributed by atoms with van der Waals surface area (Å²) in [6, 6.07) is 0. The molecule has 0 aliphatic carbocycles. The molecule has 0 N–H and O–H groups in total. The topological polar surface area (TPSA) is 26.3 Å². The van der Waals surface area contributed by atoms with Crippen molar-refractivity contribution in [3.8, 4) is 0 Å². The molecule has 0 saturated heterocycles. The van der Waals surface area contributed by atoms with Crippen LogP contribution in [-0.4, -0.2) is 55.2 Å². The standard InChI is InChI=1S/C7H9ClO2.6CH3.2Sn/c1-2-10-7(9)5-3-4-6-8;;;;;;;;/h2,4,6H2,1H3;6*1H3;;. The van der Waals surface area contributed by atoms with Crippen LogP contribution in [0.15, 0.2) is 7.18 Å². The van der Waals surface area contributed by atoms with Gasteiger partial charge in [0.1, 0.15) is 0 Å². The van der Waals surface area contributed by atoms with Crippen molar-refractivity contribution in [3.05, 3.63) is 7.18 Å². The number of alkyl halides is 1. The number of ether oxygens (including phenoxy) is 1. The van der Waals surface area contributed by atoms with Crippen molar-refractivity contribution in [2.45, 2.75) is 43.0 Å². The third-order valence-corrected chi connectivity index (χ3v) is 17.3. The van der Waals surface area contributed by atoms with Crippen LogP contribution in [0.25, 0.3) is 0 Å². The molecule has 0 aromatic rings. The molecular formula is C13H27ClO2Sn2. The Balaban J connectivity index is 5.81. The third-order valence-electron chi connectivity index (χ3n) is 2.78. The molecule has 0 unspecified atom stereocenters. The Morgan fingerprint density at radius 2 is 1.56 bits per heavy atom. The maximum atomic E-state index is 12.3. The second kappa shape index (κ2) is 7.77. The summed E-state index contributed by atoms with van der Waals surface area (Å²) in [5.74, 6) is 0.543. The molecular weight excluding hydrogens is 461 g/mol. The van der Waals surface area contributed by atoms with Gasteiger partial charge in [0.2, 0.25) is 0 Å². The predicted octanol–water partition coefficient (Wildman–Crippen LogP) is 4.23. The number of rotatable bonds is 6. The zero-order valence-electron chi connectivity index (χ0n) is 12.8. The molecule has 0 saturated carbocycles. The zero-order valence-corrected chi connectivity index (χ0v) is 19.3. The fourth-order valence-electron chi connectivity index (χ4n) is 2.05. The fraction of sp³-hybridized carbons (Fsp3) is 0.769. The molecule has 106 valence electrons. The van der Waals surface area contributed by atoms with Gasteiger partial charge in [-0.25, -0.2) is 0 Å². The number of carbonyl (C=O) groups is 1. The van der Waals surface area contributed by atoms with Gasteiger partial charge in [-0.05, 0) is 0 Å². The summed E-state index contributed by atoms with van der Waals surface area (Å²) in [5, 5.41) is 0. The van der Waals surface area contributed by atoms with Crippen LogP contribution in [0.2, 0.25) is 29.6 Å². The van der Waals surface area contributed by atoms with E-state index in [1.807, 2.05) is 6.92 Å². The predicted molar refractivity (Wildman–Crippen MR) is 85.7 cm³/mol. The molecule has 18 heavy (non-hydrogen) atoms. The normalized spacial score (nSPS) is 14.2. The van der Waals surface area contributed by atoms with Crippen LogP contribution in [0.5, 0.6) is 0 Å². The SMILES string of the molecule is CCOC(=O)/[C](=[C](/CCCl)[Sn]([CH3])([CH3])[CH3])[Sn]([CH3])([CH3])[CH3]. The average molecular weight is 488 g/mol. The van der Waals surface area contributed by atoms with Gasteiger partial charge in [-0.15, -0.1) is 0 Å². The molecule has 0 bridgehead atoms. The molecule has 0 aromatic carbocycles. The summed E-state index contributed by atoms with van der Waals surface area (Å²) in [7, 11) is 0. The van der Waals surface area contributed by atoms with Crippen LogP contribution in [0.3, 0.4) is 0 Å². The summed E-state index contributed by atoms with van der Waals surface area (Å²) in [6.07, 6.45) is 0.865. The van der Waals surface area contributed by atoms with Crippen molar-refractivity contribution in [2.24, 2.45) is 0 Å². The Bertz CT molecular complexity index is 325. The number of hydrogen-bond acceptors (Lipinski definition) is 2. The van der Waals surface area contributed by atoms with Gasteiger partial charge in [-0.3, -0.25) is 0 Å². The van der Waals surface area contributed by atoms with Crippen molar-refractivity contribution in [3.63, 3.8) is 0 Å². The van der Waals surface area contributed by atoms with Crippen LogP contribution in [-0.2, 0) is 9.53 Å². The first-order valence-corrected chi connectivity index (χ1v) is 27.0. The summed E-state index contributed by atoms with van der Waals surface area (Å²) < 4.78 is 7.78. The van der Waals surface area contributed by atoms with Crippen molar-refractivity contribution in [1.82, 2.24) is 0 Å². The average Bonchev–Trinajstić information content (AvgIpc) is 2.13. The van der Waals surface area contributed by atoms with Crippen molar-refractivity contribution < 1.29 is 9.53 Å². The molecule has 0 aliphatic heterocycles. The zero-order chi connectivity index (χ0) is 14.6. The van der Waals surface area contributed by atoms with E-state index in [0.717, 1.165) is 10.0 Å². The van der Waals surface area contributed by atoms with Gasteiger partial charge in [0.05, 0.1) is 0 Å². The Hall–Kier alpha value is 1.10. The molecule has 0 fully saturated rings. The molecule has 0 aromatic heterocycles. The number of halogens is 1. The molecule has 2 nitrogen and oxygen atoms in total. The number of hydrogen-bond donors (Lipinski definition) is 0. The first kappa shape index (κ1) is 19.1.